The average Bonchev–Trinajstić information content (AvgIpc) is 1.88. The van der Waals surface area contributed by atoms with Gasteiger partial charge in [-0.3, -0.25) is 0 Å². The smallest absolute Gasteiger partial charge is 0.306 e. The first-order valence-corrected chi connectivity index (χ1v) is 4.18. The van der Waals surface area contributed by atoms with Crippen LogP contribution in [0.5, 0.6) is 0 Å². The Balaban J connectivity index is 0.000001000. The Morgan fingerprint density at radius 2 is 1.82 bits per heavy atom. The van der Waals surface area contributed by atoms with Crippen LogP contribution in [-0.2, 0) is 16.8 Å². The zero-order valence-electron chi connectivity index (χ0n) is 6.36. The van der Waals surface area contributed by atoms with Crippen LogP contribution in [0, 0.1) is 0 Å². The molecule has 0 aliphatic heterocycles. The van der Waals surface area contributed by atoms with Gasteiger partial charge in [0, 0.05) is 0 Å². The quantitative estimate of drug-likeness (QED) is 0.439. The molecule has 0 aliphatic rings. The molecule has 0 amide bonds. The van der Waals surface area contributed by atoms with Crippen LogP contribution in [0.25, 0.3) is 0 Å². The van der Waals surface area contributed by atoms with Crippen LogP contribution in [0.15, 0.2) is 30.3 Å². The molecule has 1 aromatic rings. The molecule has 0 saturated carbocycles. The molecule has 0 aromatic heterocycles. The van der Waals surface area contributed by atoms with Gasteiger partial charge in [-0.25, -0.2) is 4.21 Å². The van der Waals surface area contributed by atoms with E-state index in [0.717, 1.165) is 5.56 Å². The van der Waals surface area contributed by atoms with E-state index in [2.05, 4.69) is 0 Å². The van der Waals surface area contributed by atoms with Crippen molar-refractivity contribution in [3.05, 3.63) is 35.9 Å². The van der Waals surface area contributed by atoms with E-state index < -0.39 is 11.1 Å². The predicted molar refractivity (Wildman–Crippen MR) is 40.9 cm³/mol. The second-order valence-electron chi connectivity index (χ2n) is 1.95. The van der Waals surface area contributed by atoms with E-state index in [0.29, 0.717) is 0 Å². The van der Waals surface area contributed by atoms with Gasteiger partial charge in [-0.2, -0.15) is 0 Å². The normalized spacial score (nSPS) is 11.7. The molecule has 0 fully saturated rings. The minimum atomic E-state index is -1.72. The maximum Gasteiger partial charge on any atom is 1.00 e. The summed E-state index contributed by atoms with van der Waals surface area (Å²) in [5.41, 5.74) is 0.892. The molecule has 0 saturated heterocycles. The van der Waals surface area contributed by atoms with Gasteiger partial charge in [0.2, 0.25) is 0 Å². The number of hydrogen-bond acceptors (Lipinski definition) is 1. The first kappa shape index (κ1) is 11.3. The van der Waals surface area contributed by atoms with Gasteiger partial charge >= 0.3 is 29.6 Å². The van der Waals surface area contributed by atoms with Gasteiger partial charge < -0.3 is 4.55 Å². The molecule has 11 heavy (non-hydrogen) atoms. The fourth-order valence-electron chi connectivity index (χ4n) is 0.717. The third-order valence-corrected chi connectivity index (χ3v) is 1.71. The van der Waals surface area contributed by atoms with Crippen LogP contribution in [0.3, 0.4) is 0 Å². The summed E-state index contributed by atoms with van der Waals surface area (Å²) < 4.78 is 18.8. The van der Waals surface area contributed by atoms with E-state index in [1.54, 1.807) is 0 Å². The Kier molecular flexibility index (Phi) is 6.09. The van der Waals surface area contributed by atoms with E-state index in [1.807, 2.05) is 30.3 Å². The fourth-order valence-corrected chi connectivity index (χ4v) is 1.19. The number of rotatable bonds is 2. The topological polar surface area (TPSA) is 37.3 Å². The largest absolute Gasteiger partial charge is 1.00 e. The van der Waals surface area contributed by atoms with Crippen molar-refractivity contribution in [1.82, 2.24) is 0 Å². The summed E-state index contributed by atoms with van der Waals surface area (Å²) in [5, 5.41) is 0. The SMILES string of the molecule is O=S(O)Cc1ccccc1.[Na+]. The molecular weight excluding hydrogens is 171 g/mol. The molecule has 0 aliphatic carbocycles. The van der Waals surface area contributed by atoms with Crippen LogP contribution in [-0.4, -0.2) is 8.76 Å². The van der Waals surface area contributed by atoms with Gasteiger partial charge in [-0.15, -0.1) is 0 Å². The zero-order valence-corrected chi connectivity index (χ0v) is 9.17. The van der Waals surface area contributed by atoms with Gasteiger partial charge in [-0.05, 0) is 5.56 Å². The molecule has 54 valence electrons. The first-order valence-electron chi connectivity index (χ1n) is 2.90. The minimum absolute atomic E-state index is 0. The Morgan fingerprint density at radius 3 is 2.27 bits per heavy atom. The summed E-state index contributed by atoms with van der Waals surface area (Å²) >= 11 is -1.72. The van der Waals surface area contributed by atoms with Gasteiger partial charge in [0.15, 0.2) is 11.1 Å². The molecule has 0 spiro atoms. The molecule has 1 aromatic carbocycles. The summed E-state index contributed by atoms with van der Waals surface area (Å²) in [6.07, 6.45) is 0. The van der Waals surface area contributed by atoms with Crippen LogP contribution >= 0.6 is 0 Å². The van der Waals surface area contributed by atoms with Crippen molar-refractivity contribution >= 4 is 11.1 Å². The van der Waals surface area contributed by atoms with Crippen molar-refractivity contribution in [3.63, 3.8) is 0 Å². The van der Waals surface area contributed by atoms with Crippen molar-refractivity contribution in [1.29, 1.82) is 0 Å². The minimum Gasteiger partial charge on any atom is -0.306 e. The second kappa shape index (κ2) is 5.91. The van der Waals surface area contributed by atoms with E-state index in [9.17, 15) is 4.21 Å². The summed E-state index contributed by atoms with van der Waals surface area (Å²) in [5.74, 6) is 0.223. The van der Waals surface area contributed by atoms with E-state index in [4.69, 9.17) is 4.55 Å². The van der Waals surface area contributed by atoms with Gasteiger partial charge in [0.1, 0.15) is 0 Å². The molecule has 0 bridgehead atoms. The molecule has 1 unspecified atom stereocenters. The van der Waals surface area contributed by atoms with Crippen molar-refractivity contribution in [2.24, 2.45) is 0 Å². The van der Waals surface area contributed by atoms with Crippen LogP contribution < -0.4 is 29.6 Å². The molecule has 2 nitrogen and oxygen atoms in total. The third-order valence-electron chi connectivity index (χ3n) is 1.13. The van der Waals surface area contributed by atoms with E-state index in [1.165, 1.54) is 0 Å². The number of benzene rings is 1. The second-order valence-corrected chi connectivity index (χ2v) is 2.88. The fraction of sp³-hybridized carbons (Fsp3) is 0.143. The molecule has 0 heterocycles. The van der Waals surface area contributed by atoms with Crippen molar-refractivity contribution in [2.45, 2.75) is 5.75 Å². The Morgan fingerprint density at radius 1 is 1.27 bits per heavy atom. The molecule has 0 radical (unpaired) electrons. The molecular formula is C7H8NaO2S+. The third kappa shape index (κ3) is 4.71. The summed E-state index contributed by atoms with van der Waals surface area (Å²) in [7, 11) is 0. The Bertz CT molecular complexity index is 225. The molecule has 4 heteroatoms. The van der Waals surface area contributed by atoms with E-state index in [-0.39, 0.29) is 35.3 Å². The molecule has 1 atom stereocenters. The van der Waals surface area contributed by atoms with Gasteiger partial charge in [0.25, 0.3) is 0 Å². The van der Waals surface area contributed by atoms with Crippen molar-refractivity contribution < 1.29 is 38.3 Å². The van der Waals surface area contributed by atoms with Crippen LogP contribution in [0.2, 0.25) is 0 Å². The monoisotopic (exact) mass is 179 g/mol. The summed E-state index contributed by atoms with van der Waals surface area (Å²) in [6.45, 7) is 0. The summed E-state index contributed by atoms with van der Waals surface area (Å²) in [6, 6.07) is 9.23. The first-order chi connectivity index (χ1) is 4.79. The van der Waals surface area contributed by atoms with Gasteiger partial charge in [-0.1, -0.05) is 30.3 Å². The maximum atomic E-state index is 10.3. The van der Waals surface area contributed by atoms with Crippen molar-refractivity contribution in [2.75, 3.05) is 0 Å². The zero-order chi connectivity index (χ0) is 7.40. The molecule has 1 rings (SSSR count). The van der Waals surface area contributed by atoms with E-state index >= 15 is 0 Å². The Labute approximate surface area is 90.6 Å². The standard InChI is InChI=1S/C7H8O2S.Na/c8-10(9)6-7-4-2-1-3-5-7;/h1-5H,6H2,(H,8,9);/q;+1. The van der Waals surface area contributed by atoms with Gasteiger partial charge in [0.05, 0.1) is 5.75 Å². The predicted octanol–water partition coefficient (Wildman–Crippen LogP) is -1.59. The summed E-state index contributed by atoms with van der Waals surface area (Å²) in [4.78, 5) is 0. The van der Waals surface area contributed by atoms with Crippen LogP contribution in [0.4, 0.5) is 0 Å². The number of hydrogen-bond donors (Lipinski definition) is 1. The molecule has 1 N–H and O–H groups in total. The maximum absolute atomic E-state index is 10.3. The van der Waals surface area contributed by atoms with Crippen LogP contribution in [0.1, 0.15) is 5.56 Å². The average molecular weight is 179 g/mol. The Hall–Kier alpha value is 0.330. The van der Waals surface area contributed by atoms with Crippen molar-refractivity contribution in [3.8, 4) is 0 Å².